The first-order valence-corrected chi connectivity index (χ1v) is 11.5. The molecule has 0 saturated carbocycles. The standard InChI is InChI=1S/C28H31NO6/c1-32-20-10-11-23(33-2)19(16-20)17-22-26-21(24(34-3)12-13-25(26)35-4)14-15-29(22)27(28(30)31)18-8-6-5-7-9-18/h5-13,16,22,27H,14-15,17H2,1-4H3,(H,30,31). The molecular formula is C28H31NO6. The fourth-order valence-electron chi connectivity index (χ4n) is 5.07. The number of carboxylic acid groups (broad SMARTS) is 1. The van der Waals surface area contributed by atoms with Crippen LogP contribution in [0.15, 0.2) is 60.7 Å². The molecule has 1 N–H and O–H groups in total. The summed E-state index contributed by atoms with van der Waals surface area (Å²) in [6.45, 7) is 0.541. The van der Waals surface area contributed by atoms with Crippen molar-refractivity contribution < 1.29 is 28.8 Å². The minimum absolute atomic E-state index is 0.314. The van der Waals surface area contributed by atoms with Crippen LogP contribution < -0.4 is 18.9 Å². The van der Waals surface area contributed by atoms with Gasteiger partial charge in [-0.05, 0) is 54.3 Å². The molecule has 0 amide bonds. The van der Waals surface area contributed by atoms with Crippen LogP contribution in [0.3, 0.4) is 0 Å². The molecule has 0 radical (unpaired) electrons. The third kappa shape index (κ3) is 4.77. The molecule has 0 fully saturated rings. The van der Waals surface area contributed by atoms with Crippen molar-refractivity contribution in [2.75, 3.05) is 35.0 Å². The van der Waals surface area contributed by atoms with Crippen LogP contribution in [0.2, 0.25) is 0 Å². The first-order valence-electron chi connectivity index (χ1n) is 11.5. The Morgan fingerprint density at radius 2 is 1.57 bits per heavy atom. The lowest BCUT2D eigenvalue weighted by Gasteiger charge is -2.42. The molecule has 1 aliphatic heterocycles. The molecule has 7 nitrogen and oxygen atoms in total. The molecule has 0 aliphatic carbocycles. The largest absolute Gasteiger partial charge is 0.497 e. The van der Waals surface area contributed by atoms with Crippen LogP contribution in [0, 0.1) is 0 Å². The van der Waals surface area contributed by atoms with E-state index in [2.05, 4.69) is 0 Å². The van der Waals surface area contributed by atoms with Gasteiger partial charge in [0.15, 0.2) is 0 Å². The molecule has 3 aromatic carbocycles. The van der Waals surface area contributed by atoms with Gasteiger partial charge in [-0.25, -0.2) is 0 Å². The number of methoxy groups -OCH3 is 4. The van der Waals surface area contributed by atoms with Crippen LogP contribution in [0.25, 0.3) is 0 Å². The number of fused-ring (bicyclic) bond motifs is 1. The number of rotatable bonds is 9. The second-order valence-corrected chi connectivity index (χ2v) is 8.40. The molecule has 3 aromatic rings. The summed E-state index contributed by atoms with van der Waals surface area (Å²) < 4.78 is 22.6. The zero-order chi connectivity index (χ0) is 24.9. The Morgan fingerprint density at radius 3 is 2.20 bits per heavy atom. The third-order valence-corrected chi connectivity index (χ3v) is 6.65. The van der Waals surface area contributed by atoms with Crippen LogP contribution in [0.1, 0.15) is 34.3 Å². The van der Waals surface area contributed by atoms with Crippen LogP contribution in [-0.4, -0.2) is 51.0 Å². The van der Waals surface area contributed by atoms with Crippen molar-refractivity contribution in [3.63, 3.8) is 0 Å². The Hall–Kier alpha value is -3.71. The van der Waals surface area contributed by atoms with Gasteiger partial charge in [0.25, 0.3) is 0 Å². The molecule has 2 unspecified atom stereocenters. The zero-order valence-corrected chi connectivity index (χ0v) is 20.5. The fraction of sp³-hybridized carbons (Fsp3) is 0.321. The first kappa shape index (κ1) is 24.4. The minimum atomic E-state index is -0.899. The molecule has 35 heavy (non-hydrogen) atoms. The molecule has 184 valence electrons. The van der Waals surface area contributed by atoms with Crippen molar-refractivity contribution >= 4 is 5.97 Å². The number of carbonyl (C=O) groups is 1. The predicted molar refractivity (Wildman–Crippen MR) is 133 cm³/mol. The lowest BCUT2D eigenvalue weighted by molar-refractivity contribution is -0.145. The smallest absolute Gasteiger partial charge is 0.325 e. The molecule has 0 bridgehead atoms. The van der Waals surface area contributed by atoms with E-state index in [0.29, 0.717) is 36.6 Å². The second-order valence-electron chi connectivity index (χ2n) is 8.40. The first-order chi connectivity index (χ1) is 17.0. The van der Waals surface area contributed by atoms with Gasteiger partial charge in [-0.3, -0.25) is 9.69 Å². The van der Waals surface area contributed by atoms with Gasteiger partial charge in [0.1, 0.15) is 29.0 Å². The predicted octanol–water partition coefficient (Wildman–Crippen LogP) is 4.69. The van der Waals surface area contributed by atoms with Gasteiger partial charge in [0.05, 0.1) is 28.4 Å². The summed E-state index contributed by atoms with van der Waals surface area (Å²) in [5, 5.41) is 10.4. The Balaban J connectivity index is 1.91. The Morgan fingerprint density at radius 1 is 0.914 bits per heavy atom. The van der Waals surface area contributed by atoms with Crippen molar-refractivity contribution in [2.24, 2.45) is 0 Å². The van der Waals surface area contributed by atoms with Gasteiger partial charge >= 0.3 is 5.97 Å². The maximum atomic E-state index is 12.7. The van der Waals surface area contributed by atoms with Gasteiger partial charge in [-0.15, -0.1) is 0 Å². The lowest BCUT2D eigenvalue weighted by atomic mass is 9.85. The lowest BCUT2D eigenvalue weighted by Crippen LogP contribution is -2.42. The van der Waals surface area contributed by atoms with E-state index in [1.54, 1.807) is 28.4 Å². The average Bonchev–Trinajstić information content (AvgIpc) is 2.89. The molecular weight excluding hydrogens is 446 g/mol. The summed E-state index contributed by atoms with van der Waals surface area (Å²) in [5.41, 5.74) is 3.61. The molecule has 1 aliphatic rings. The molecule has 0 spiro atoms. The molecule has 0 saturated heterocycles. The number of benzene rings is 3. The topological polar surface area (TPSA) is 77.5 Å². The van der Waals surface area contributed by atoms with E-state index in [0.717, 1.165) is 28.0 Å². The van der Waals surface area contributed by atoms with E-state index in [1.165, 1.54) is 0 Å². The van der Waals surface area contributed by atoms with Gasteiger partial charge in [-0.2, -0.15) is 0 Å². The average molecular weight is 478 g/mol. The molecule has 1 heterocycles. The molecule has 7 heteroatoms. The highest BCUT2D eigenvalue weighted by Crippen LogP contribution is 2.46. The molecule has 0 aromatic heterocycles. The van der Waals surface area contributed by atoms with Crippen LogP contribution in [-0.2, 0) is 17.6 Å². The second kappa shape index (κ2) is 10.7. The van der Waals surface area contributed by atoms with Crippen molar-refractivity contribution in [2.45, 2.75) is 24.9 Å². The quantitative estimate of drug-likeness (QED) is 0.479. The maximum absolute atomic E-state index is 12.7. The van der Waals surface area contributed by atoms with Crippen molar-refractivity contribution in [3.05, 3.63) is 82.9 Å². The minimum Gasteiger partial charge on any atom is -0.497 e. The number of nitrogens with zero attached hydrogens (tertiary/aromatic N) is 1. The molecule has 2 atom stereocenters. The number of carboxylic acids is 1. The summed E-state index contributed by atoms with van der Waals surface area (Å²) >= 11 is 0. The number of hydrogen-bond acceptors (Lipinski definition) is 6. The highest BCUT2D eigenvalue weighted by atomic mass is 16.5. The van der Waals surface area contributed by atoms with Gasteiger partial charge in [0, 0.05) is 23.7 Å². The highest BCUT2D eigenvalue weighted by molar-refractivity contribution is 5.76. The number of aliphatic carboxylic acids is 1. The Bertz CT molecular complexity index is 1180. The van der Waals surface area contributed by atoms with E-state index in [-0.39, 0.29) is 6.04 Å². The van der Waals surface area contributed by atoms with Crippen molar-refractivity contribution in [1.29, 1.82) is 0 Å². The van der Waals surface area contributed by atoms with Gasteiger partial charge in [-0.1, -0.05) is 30.3 Å². The van der Waals surface area contributed by atoms with E-state index in [4.69, 9.17) is 18.9 Å². The van der Waals surface area contributed by atoms with E-state index < -0.39 is 12.0 Å². The fourth-order valence-corrected chi connectivity index (χ4v) is 5.07. The van der Waals surface area contributed by atoms with E-state index in [1.807, 2.05) is 65.6 Å². The Labute approximate surface area is 205 Å². The van der Waals surface area contributed by atoms with Crippen molar-refractivity contribution in [1.82, 2.24) is 4.90 Å². The van der Waals surface area contributed by atoms with Crippen LogP contribution >= 0.6 is 0 Å². The SMILES string of the molecule is COc1ccc(OC)c(CC2c3c(OC)ccc(OC)c3CCN2C(C(=O)O)c2ccccc2)c1. The van der Waals surface area contributed by atoms with Gasteiger partial charge < -0.3 is 24.1 Å². The van der Waals surface area contributed by atoms with E-state index in [9.17, 15) is 9.90 Å². The van der Waals surface area contributed by atoms with Gasteiger partial charge in [0.2, 0.25) is 0 Å². The molecule has 4 rings (SSSR count). The van der Waals surface area contributed by atoms with E-state index >= 15 is 0 Å². The zero-order valence-electron chi connectivity index (χ0n) is 20.5. The monoisotopic (exact) mass is 477 g/mol. The summed E-state index contributed by atoms with van der Waals surface area (Å²) in [5.74, 6) is 2.00. The normalized spacial score (nSPS) is 16.2. The van der Waals surface area contributed by atoms with Crippen LogP contribution in [0.5, 0.6) is 23.0 Å². The van der Waals surface area contributed by atoms with Crippen molar-refractivity contribution in [3.8, 4) is 23.0 Å². The maximum Gasteiger partial charge on any atom is 0.325 e. The highest BCUT2D eigenvalue weighted by Gasteiger charge is 2.40. The number of hydrogen-bond donors (Lipinski definition) is 1. The summed E-state index contributed by atoms with van der Waals surface area (Å²) in [6, 6.07) is 17.7. The third-order valence-electron chi connectivity index (χ3n) is 6.65. The number of ether oxygens (including phenoxy) is 4. The summed E-state index contributed by atoms with van der Waals surface area (Å²) in [7, 11) is 6.54. The summed E-state index contributed by atoms with van der Waals surface area (Å²) in [4.78, 5) is 14.7. The Kier molecular flexibility index (Phi) is 7.46. The summed E-state index contributed by atoms with van der Waals surface area (Å²) in [6.07, 6.45) is 1.13. The van der Waals surface area contributed by atoms with Crippen LogP contribution in [0.4, 0.5) is 0 Å².